The predicted octanol–water partition coefficient (Wildman–Crippen LogP) is 1.72. The molecule has 0 aliphatic heterocycles. The molecular formula is H2Cl4O4PbS. The van der Waals surface area contributed by atoms with Crippen molar-refractivity contribution in [2.75, 3.05) is 0 Å². The van der Waals surface area contributed by atoms with Crippen molar-refractivity contribution in [3.05, 3.63) is 0 Å². The maximum atomic E-state index is 8.74. The fraction of sp³-hybridized carbons (Fsp3) is 0. The average molecular weight is 447 g/mol. The molecule has 0 amide bonds. The van der Waals surface area contributed by atoms with Crippen molar-refractivity contribution in [2.24, 2.45) is 0 Å². The molecule has 2 N–H and O–H groups in total. The number of hydrogen-bond acceptors (Lipinski definition) is 2. The van der Waals surface area contributed by atoms with Gasteiger partial charge in [-0.05, 0) is 0 Å². The Hall–Kier alpha value is 1.95. The van der Waals surface area contributed by atoms with Crippen LogP contribution in [0, 0.1) is 0 Å². The molecule has 0 aromatic rings. The zero-order valence-corrected chi connectivity index (χ0v) is 11.9. The maximum absolute atomic E-state index is 8.74. The van der Waals surface area contributed by atoms with Crippen molar-refractivity contribution < 1.29 is 17.5 Å². The van der Waals surface area contributed by atoms with E-state index in [-0.39, 0.29) is 0 Å². The van der Waals surface area contributed by atoms with Gasteiger partial charge in [-0.1, -0.05) is 0 Å². The Labute approximate surface area is 76.5 Å². The summed E-state index contributed by atoms with van der Waals surface area (Å²) >= 11 is -3.39. The standard InChI is InChI=1S/4ClH.H2O4S.Pb/c;;;;1-5(2,3)4;/h4*1H;(H2,1,2,3,4);/q;;;;;+4/p-4. The van der Waals surface area contributed by atoms with Gasteiger partial charge in [0.05, 0.1) is 0 Å². The molecule has 10 heavy (non-hydrogen) atoms. The quantitative estimate of drug-likeness (QED) is 0.439. The number of halogens is 4. The van der Waals surface area contributed by atoms with Crippen LogP contribution in [0.1, 0.15) is 0 Å². The molecule has 0 atom stereocenters. The predicted molar refractivity (Wildman–Crippen MR) is 43.3 cm³/mol. The first kappa shape index (κ1) is 14.5. The average Bonchev–Trinajstić information content (AvgIpc) is 1.12. The molecular weight excluding hydrogens is 445 g/mol. The van der Waals surface area contributed by atoms with Crippen molar-refractivity contribution in [1.82, 2.24) is 0 Å². The van der Waals surface area contributed by atoms with Gasteiger partial charge in [0.25, 0.3) is 0 Å². The van der Waals surface area contributed by atoms with Crippen LogP contribution in [0.2, 0.25) is 0 Å². The van der Waals surface area contributed by atoms with Gasteiger partial charge < -0.3 is 0 Å². The van der Waals surface area contributed by atoms with Gasteiger partial charge in [-0.2, -0.15) is 8.42 Å². The molecule has 0 fully saturated rings. The summed E-state index contributed by atoms with van der Waals surface area (Å²) in [7, 11) is 15.5. The summed E-state index contributed by atoms with van der Waals surface area (Å²) in [6.45, 7) is 0. The van der Waals surface area contributed by atoms with Crippen LogP contribution >= 0.6 is 33.3 Å². The van der Waals surface area contributed by atoms with Gasteiger partial charge >= 0.3 is 59.9 Å². The summed E-state index contributed by atoms with van der Waals surface area (Å²) < 4.78 is 31.6. The Kier molecular flexibility index (Phi) is 8.07. The molecule has 0 saturated heterocycles. The van der Waals surface area contributed by atoms with Crippen LogP contribution in [0.3, 0.4) is 0 Å². The van der Waals surface area contributed by atoms with E-state index in [1.165, 1.54) is 0 Å². The third kappa shape index (κ3) is 209. The minimum atomic E-state index is -4.67. The van der Waals surface area contributed by atoms with E-state index in [1.807, 2.05) is 0 Å². The van der Waals surface area contributed by atoms with Crippen molar-refractivity contribution in [2.45, 2.75) is 0 Å². The van der Waals surface area contributed by atoms with Crippen molar-refractivity contribution in [3.8, 4) is 0 Å². The van der Waals surface area contributed by atoms with E-state index in [4.69, 9.17) is 50.8 Å². The van der Waals surface area contributed by atoms with Crippen molar-refractivity contribution in [3.63, 3.8) is 0 Å². The Bertz CT molecular complexity index is 152. The fourth-order valence-corrected chi connectivity index (χ4v) is 0. The summed E-state index contributed by atoms with van der Waals surface area (Å²) in [4.78, 5) is 0. The van der Waals surface area contributed by atoms with E-state index in [0.29, 0.717) is 0 Å². The van der Waals surface area contributed by atoms with Gasteiger partial charge in [0, 0.05) is 0 Å². The Morgan fingerprint density at radius 1 is 1.00 bits per heavy atom. The van der Waals surface area contributed by atoms with Crippen LogP contribution < -0.4 is 0 Å². The molecule has 0 saturated carbocycles. The van der Waals surface area contributed by atoms with Crippen LogP contribution in [0.5, 0.6) is 0 Å². The third-order valence-corrected chi connectivity index (χ3v) is 0. The summed E-state index contributed by atoms with van der Waals surface area (Å²) in [6, 6.07) is 0. The first-order chi connectivity index (χ1) is 4.00. The molecule has 4 nitrogen and oxygen atoms in total. The van der Waals surface area contributed by atoms with Crippen LogP contribution in [0.4, 0.5) is 0 Å². The molecule has 64 valence electrons. The van der Waals surface area contributed by atoms with E-state index >= 15 is 0 Å². The van der Waals surface area contributed by atoms with E-state index < -0.39 is 26.7 Å². The molecule has 0 aliphatic rings. The van der Waals surface area contributed by atoms with Crippen LogP contribution in [-0.2, 0) is 10.4 Å². The molecule has 0 unspecified atom stereocenters. The first-order valence-corrected chi connectivity index (χ1v) is 22.0. The molecule has 0 spiro atoms. The summed E-state index contributed by atoms with van der Waals surface area (Å²) in [6.07, 6.45) is 0. The second kappa shape index (κ2) is 5.57. The summed E-state index contributed by atoms with van der Waals surface area (Å²) in [5.74, 6) is 0. The molecule has 0 aliphatic carbocycles. The molecule has 0 radical (unpaired) electrons. The zero-order valence-electron chi connectivity index (χ0n) is 4.13. The number of hydrogen-bond donors (Lipinski definition) is 2. The fourth-order valence-electron chi connectivity index (χ4n) is 0. The molecule has 0 aromatic heterocycles. The van der Waals surface area contributed by atoms with Crippen LogP contribution in [-0.4, -0.2) is 33.8 Å². The van der Waals surface area contributed by atoms with E-state index in [0.717, 1.165) is 0 Å². The molecule has 0 aromatic carbocycles. The van der Waals surface area contributed by atoms with Gasteiger partial charge in [0.1, 0.15) is 0 Å². The van der Waals surface area contributed by atoms with E-state index in [1.54, 1.807) is 0 Å². The summed E-state index contributed by atoms with van der Waals surface area (Å²) in [5, 5.41) is 0. The van der Waals surface area contributed by atoms with Gasteiger partial charge in [-0.25, -0.2) is 0 Å². The Morgan fingerprint density at radius 2 is 1.00 bits per heavy atom. The van der Waals surface area contributed by atoms with Gasteiger partial charge in [-0.15, -0.1) is 0 Å². The molecule has 0 bridgehead atoms. The minimum absolute atomic E-state index is 3.39. The molecule has 0 heterocycles. The molecule has 0 rings (SSSR count). The molecule has 10 heteroatoms. The van der Waals surface area contributed by atoms with Gasteiger partial charge in [-0.3, -0.25) is 9.11 Å². The second-order valence-electron chi connectivity index (χ2n) is 0.876. The topological polar surface area (TPSA) is 74.6 Å². The van der Waals surface area contributed by atoms with Crippen LogP contribution in [0.25, 0.3) is 0 Å². The van der Waals surface area contributed by atoms with Gasteiger partial charge in [0.15, 0.2) is 0 Å². The van der Waals surface area contributed by atoms with Crippen molar-refractivity contribution in [1.29, 1.82) is 0 Å². The monoisotopic (exact) mass is 446 g/mol. The SMILES string of the molecule is O=S(=O)(O)O.[Cl][Pb]([Cl])([Cl])[Cl]. The normalized spacial score (nSPS) is 11.8. The van der Waals surface area contributed by atoms with Crippen LogP contribution in [0.15, 0.2) is 0 Å². The Balaban J connectivity index is 0. The zero-order chi connectivity index (χ0) is 9.00. The van der Waals surface area contributed by atoms with Crippen molar-refractivity contribution >= 4 is 59.9 Å². The van der Waals surface area contributed by atoms with Gasteiger partial charge in [0.2, 0.25) is 0 Å². The second-order valence-corrected chi connectivity index (χ2v) is 35.2. The van der Waals surface area contributed by atoms with E-state index in [9.17, 15) is 0 Å². The van der Waals surface area contributed by atoms with E-state index in [2.05, 4.69) is 0 Å². The first-order valence-electron chi connectivity index (χ1n) is 1.45. The third-order valence-electron chi connectivity index (χ3n) is 0. The summed E-state index contributed by atoms with van der Waals surface area (Å²) in [5.41, 5.74) is 0. The Morgan fingerprint density at radius 3 is 1.00 bits per heavy atom. The number of rotatable bonds is 0.